The van der Waals surface area contributed by atoms with Crippen molar-refractivity contribution in [3.05, 3.63) is 53.1 Å². The summed E-state index contributed by atoms with van der Waals surface area (Å²) in [5, 5.41) is 0. The van der Waals surface area contributed by atoms with Gasteiger partial charge in [-0.1, -0.05) is 0 Å². The van der Waals surface area contributed by atoms with E-state index in [4.69, 9.17) is 0 Å². The molecule has 0 unspecified atom stereocenters. The van der Waals surface area contributed by atoms with Crippen LogP contribution < -0.4 is 4.74 Å². The van der Waals surface area contributed by atoms with Crippen molar-refractivity contribution in [3.63, 3.8) is 0 Å². The highest BCUT2D eigenvalue weighted by atomic mass is 19.2. The van der Waals surface area contributed by atoms with E-state index >= 15 is 0 Å². The van der Waals surface area contributed by atoms with Crippen molar-refractivity contribution in [3.8, 4) is 16.9 Å². The van der Waals surface area contributed by atoms with Gasteiger partial charge in [0.15, 0.2) is 34.8 Å². The number of benzene rings is 2. The van der Waals surface area contributed by atoms with Crippen LogP contribution in [0.2, 0.25) is 0 Å². The van der Waals surface area contributed by atoms with Crippen molar-refractivity contribution in [2.45, 2.75) is 0 Å². The van der Waals surface area contributed by atoms with Crippen molar-refractivity contribution in [1.29, 1.82) is 0 Å². The fourth-order valence-electron chi connectivity index (χ4n) is 1.68. The molecular weight excluding hydrogens is 286 g/mol. The maximum atomic E-state index is 13.6. The van der Waals surface area contributed by atoms with Crippen molar-refractivity contribution in [1.82, 2.24) is 0 Å². The molecule has 0 aliphatic heterocycles. The Morgan fingerprint density at radius 2 is 1.20 bits per heavy atom. The Labute approximate surface area is 109 Å². The van der Waals surface area contributed by atoms with Crippen molar-refractivity contribution < 1.29 is 31.1 Å². The van der Waals surface area contributed by atoms with Gasteiger partial charge in [0.25, 0.3) is 0 Å². The van der Waals surface area contributed by atoms with Gasteiger partial charge in [0.05, 0.1) is 12.7 Å². The lowest BCUT2D eigenvalue weighted by molar-refractivity contribution is 0.372. The molecule has 0 N–H and O–H groups in total. The molecule has 1 nitrogen and oxygen atoms in total. The predicted octanol–water partition coefficient (Wildman–Crippen LogP) is 4.20. The van der Waals surface area contributed by atoms with Crippen LogP contribution >= 0.6 is 0 Å². The summed E-state index contributed by atoms with van der Waals surface area (Å²) in [6, 6.07) is 1.17. The van der Waals surface area contributed by atoms with E-state index in [-0.39, 0.29) is 6.07 Å². The molecule has 106 valence electrons. The predicted molar refractivity (Wildman–Crippen MR) is 58.2 cm³/mol. The number of halogens is 6. The van der Waals surface area contributed by atoms with E-state index in [0.29, 0.717) is 6.07 Å². The van der Waals surface area contributed by atoms with Gasteiger partial charge in [-0.3, -0.25) is 0 Å². The quantitative estimate of drug-likeness (QED) is 0.595. The van der Waals surface area contributed by atoms with Gasteiger partial charge >= 0.3 is 0 Å². The molecule has 0 radical (unpaired) electrons. The molecule has 0 amide bonds. The summed E-state index contributed by atoms with van der Waals surface area (Å²) < 4.78 is 84.3. The highest BCUT2D eigenvalue weighted by Gasteiger charge is 2.23. The van der Waals surface area contributed by atoms with Crippen LogP contribution in [0.25, 0.3) is 11.1 Å². The number of hydrogen-bond acceptors (Lipinski definition) is 1. The van der Waals surface area contributed by atoms with E-state index in [1.54, 1.807) is 0 Å². The highest BCUT2D eigenvalue weighted by Crippen LogP contribution is 2.33. The maximum absolute atomic E-state index is 13.6. The molecule has 0 saturated heterocycles. The number of ether oxygens (including phenoxy) is 1. The summed E-state index contributed by atoms with van der Waals surface area (Å²) in [5.41, 5.74) is -1.73. The molecule has 0 aliphatic carbocycles. The minimum Gasteiger partial charge on any atom is -0.494 e. The first-order chi connectivity index (χ1) is 9.36. The molecule has 0 heterocycles. The third-order valence-electron chi connectivity index (χ3n) is 2.62. The van der Waals surface area contributed by atoms with Gasteiger partial charge in [0.2, 0.25) is 5.82 Å². The van der Waals surface area contributed by atoms with E-state index in [2.05, 4.69) is 4.74 Å². The molecule has 0 spiro atoms. The molecule has 2 rings (SSSR count). The van der Waals surface area contributed by atoms with Crippen molar-refractivity contribution in [2.24, 2.45) is 0 Å². The lowest BCUT2D eigenvalue weighted by atomic mass is 10.0. The zero-order valence-corrected chi connectivity index (χ0v) is 9.91. The molecule has 0 saturated carbocycles. The summed E-state index contributed by atoms with van der Waals surface area (Å²) in [7, 11) is 1.00. The zero-order chi connectivity index (χ0) is 15.0. The number of hydrogen-bond donors (Lipinski definition) is 0. The molecule has 0 fully saturated rings. The van der Waals surface area contributed by atoms with E-state index in [1.165, 1.54) is 0 Å². The van der Waals surface area contributed by atoms with Crippen LogP contribution in [0.1, 0.15) is 0 Å². The summed E-state index contributed by atoms with van der Waals surface area (Å²) in [4.78, 5) is 0. The van der Waals surface area contributed by atoms with Gasteiger partial charge in [0.1, 0.15) is 0 Å². The monoisotopic (exact) mass is 292 g/mol. The van der Waals surface area contributed by atoms with E-state index in [9.17, 15) is 26.3 Å². The SMILES string of the molecule is COc1cc(-c2c(F)c(F)cc(F)c2F)cc(F)c1F. The largest absolute Gasteiger partial charge is 0.494 e. The standard InChI is InChI=1S/C13H6F6O/c1-20-9-3-5(2-6(14)11(9)17)10-12(18)7(15)4-8(16)13(10)19/h2-4H,1H3. The first kappa shape index (κ1) is 14.2. The molecule has 7 heteroatoms. The van der Waals surface area contributed by atoms with E-state index in [0.717, 1.165) is 13.2 Å². The van der Waals surface area contributed by atoms with Crippen LogP contribution in [0.4, 0.5) is 26.3 Å². The number of rotatable bonds is 2. The third-order valence-corrected chi connectivity index (χ3v) is 2.62. The fraction of sp³-hybridized carbons (Fsp3) is 0.0769. The molecule has 0 atom stereocenters. The maximum Gasteiger partial charge on any atom is 0.200 e. The normalized spacial score (nSPS) is 10.8. The first-order valence-electron chi connectivity index (χ1n) is 5.23. The average Bonchev–Trinajstić information content (AvgIpc) is 2.40. The lowest BCUT2D eigenvalue weighted by Gasteiger charge is -2.10. The van der Waals surface area contributed by atoms with Gasteiger partial charge in [-0.25, -0.2) is 22.0 Å². The highest BCUT2D eigenvalue weighted by molar-refractivity contribution is 5.67. The molecule has 2 aromatic carbocycles. The average molecular weight is 292 g/mol. The van der Waals surface area contributed by atoms with Crippen LogP contribution in [0, 0.1) is 34.9 Å². The van der Waals surface area contributed by atoms with Crippen LogP contribution in [0.5, 0.6) is 5.75 Å². The Morgan fingerprint density at radius 3 is 1.70 bits per heavy atom. The molecule has 0 bridgehead atoms. The Kier molecular flexibility index (Phi) is 3.61. The molecule has 0 aliphatic rings. The number of methoxy groups -OCH3 is 1. The van der Waals surface area contributed by atoms with Gasteiger partial charge in [-0.15, -0.1) is 0 Å². The topological polar surface area (TPSA) is 9.23 Å². The fourth-order valence-corrected chi connectivity index (χ4v) is 1.68. The second kappa shape index (κ2) is 5.07. The van der Waals surface area contributed by atoms with Gasteiger partial charge < -0.3 is 4.74 Å². The van der Waals surface area contributed by atoms with Crippen molar-refractivity contribution >= 4 is 0 Å². The van der Waals surface area contributed by atoms with Gasteiger partial charge in [0, 0.05) is 6.07 Å². The minimum absolute atomic E-state index is 0.0191. The smallest absolute Gasteiger partial charge is 0.200 e. The minimum atomic E-state index is -1.71. The van der Waals surface area contributed by atoms with Crippen LogP contribution in [-0.4, -0.2) is 7.11 Å². The van der Waals surface area contributed by atoms with Gasteiger partial charge in [-0.2, -0.15) is 4.39 Å². The second-order valence-corrected chi connectivity index (χ2v) is 3.82. The lowest BCUT2D eigenvalue weighted by Crippen LogP contribution is -2.00. The Hall–Kier alpha value is -2.18. The Bertz CT molecular complexity index is 657. The van der Waals surface area contributed by atoms with E-state index in [1.807, 2.05) is 0 Å². The molecule has 2 aromatic rings. The molecule has 20 heavy (non-hydrogen) atoms. The van der Waals surface area contributed by atoms with E-state index < -0.39 is 51.8 Å². The van der Waals surface area contributed by atoms with Crippen molar-refractivity contribution in [2.75, 3.05) is 7.11 Å². The Balaban J connectivity index is 2.78. The summed E-state index contributed by atoms with van der Waals surface area (Å²) in [6.07, 6.45) is 0. The van der Waals surface area contributed by atoms with Crippen LogP contribution in [-0.2, 0) is 0 Å². The second-order valence-electron chi connectivity index (χ2n) is 3.82. The molecule has 0 aromatic heterocycles. The Morgan fingerprint density at radius 1 is 0.700 bits per heavy atom. The summed E-state index contributed by atoms with van der Waals surface area (Å²) in [6.45, 7) is 0. The van der Waals surface area contributed by atoms with Crippen LogP contribution in [0.15, 0.2) is 18.2 Å². The van der Waals surface area contributed by atoms with Crippen LogP contribution in [0.3, 0.4) is 0 Å². The summed E-state index contributed by atoms with van der Waals surface area (Å²) >= 11 is 0. The third kappa shape index (κ3) is 2.19. The zero-order valence-electron chi connectivity index (χ0n) is 9.91. The first-order valence-corrected chi connectivity index (χ1v) is 5.23. The summed E-state index contributed by atoms with van der Waals surface area (Å²) in [5.74, 6) is -10.2. The van der Waals surface area contributed by atoms with Gasteiger partial charge in [-0.05, 0) is 17.7 Å². The molecular formula is C13H6F6O.